The van der Waals surface area contributed by atoms with E-state index in [4.69, 9.17) is 9.47 Å². The molecule has 1 amide bonds. The summed E-state index contributed by atoms with van der Waals surface area (Å²) in [5, 5.41) is 0.576. The topological polar surface area (TPSA) is 72.9 Å². The molecule has 1 fully saturated rings. The number of carbonyl (C=O) groups is 3. The summed E-state index contributed by atoms with van der Waals surface area (Å²) in [5.41, 5.74) is 0.769. The number of amides is 1. The Morgan fingerprint density at radius 3 is 2.64 bits per heavy atom. The molecule has 0 saturated carbocycles. The van der Waals surface area contributed by atoms with Gasteiger partial charge < -0.3 is 14.4 Å². The number of piperidine rings is 1. The van der Waals surface area contributed by atoms with E-state index in [1.54, 1.807) is 11.0 Å². The van der Waals surface area contributed by atoms with Crippen LogP contribution < -0.4 is 0 Å². The summed E-state index contributed by atoms with van der Waals surface area (Å²) in [6, 6.07) is -0.408. The van der Waals surface area contributed by atoms with Crippen LogP contribution in [-0.2, 0) is 23.9 Å². The predicted molar refractivity (Wildman–Crippen MR) is 93.5 cm³/mol. The van der Waals surface area contributed by atoms with E-state index < -0.39 is 16.9 Å². The molecule has 136 valence electrons. The van der Waals surface area contributed by atoms with Gasteiger partial charge in [0.25, 0.3) is 0 Å². The van der Waals surface area contributed by atoms with Gasteiger partial charge in [0.05, 0.1) is 10.8 Å². The third-order valence-electron chi connectivity index (χ3n) is 4.66. The van der Waals surface area contributed by atoms with Gasteiger partial charge in [-0.2, -0.15) is 0 Å². The lowest BCUT2D eigenvalue weighted by atomic mass is 9.90. The third-order valence-corrected chi connectivity index (χ3v) is 5.91. The molecule has 7 heteroatoms. The molecule has 0 aromatic carbocycles. The maximum atomic E-state index is 12.5. The zero-order chi connectivity index (χ0) is 18.4. The average molecular weight is 365 g/mol. The highest BCUT2D eigenvalue weighted by molar-refractivity contribution is 8.04. The van der Waals surface area contributed by atoms with Crippen molar-refractivity contribution in [1.82, 2.24) is 4.90 Å². The maximum absolute atomic E-state index is 12.5. The number of likely N-dealkylation sites (tertiary alicyclic amines) is 1. The van der Waals surface area contributed by atoms with Gasteiger partial charge in [-0.15, -0.1) is 0 Å². The first-order valence-corrected chi connectivity index (χ1v) is 9.32. The lowest BCUT2D eigenvalue weighted by Crippen LogP contribution is -2.48. The van der Waals surface area contributed by atoms with Crippen molar-refractivity contribution in [2.45, 2.75) is 63.9 Å². The molecular formula is C18H23NO5S. The number of rotatable bonds is 3. The predicted octanol–water partition coefficient (Wildman–Crippen LogP) is 2.54. The Morgan fingerprint density at radius 2 is 2.04 bits per heavy atom. The second-order valence-corrected chi connectivity index (χ2v) is 8.74. The van der Waals surface area contributed by atoms with Gasteiger partial charge in [-0.3, -0.25) is 14.4 Å². The zero-order valence-corrected chi connectivity index (χ0v) is 15.8. The summed E-state index contributed by atoms with van der Waals surface area (Å²) in [6.45, 7) is 7.38. The lowest BCUT2D eigenvalue weighted by Gasteiger charge is -2.38. The molecule has 1 saturated heterocycles. The van der Waals surface area contributed by atoms with E-state index in [0.717, 1.165) is 18.4 Å². The van der Waals surface area contributed by atoms with Crippen LogP contribution in [-0.4, -0.2) is 46.0 Å². The average Bonchev–Trinajstić information content (AvgIpc) is 2.76. The minimum Gasteiger partial charge on any atom is -0.456 e. The van der Waals surface area contributed by atoms with Gasteiger partial charge in [-0.1, -0.05) is 11.8 Å². The minimum absolute atomic E-state index is 0.0560. The lowest BCUT2D eigenvalue weighted by molar-refractivity contribution is -0.146. The molecule has 0 aromatic heterocycles. The fraction of sp³-hybridized carbons (Fsp3) is 0.611. The number of ether oxygens (including phenoxy) is 2. The van der Waals surface area contributed by atoms with Crippen molar-refractivity contribution in [3.05, 3.63) is 22.5 Å². The number of hydrogen-bond acceptors (Lipinski definition) is 6. The molecule has 0 aliphatic carbocycles. The second-order valence-electron chi connectivity index (χ2n) is 7.12. The van der Waals surface area contributed by atoms with E-state index in [2.05, 4.69) is 0 Å². The van der Waals surface area contributed by atoms with E-state index >= 15 is 0 Å². The van der Waals surface area contributed by atoms with Crippen molar-refractivity contribution in [2.75, 3.05) is 6.54 Å². The summed E-state index contributed by atoms with van der Waals surface area (Å²) >= 11 is 1.44. The summed E-state index contributed by atoms with van der Waals surface area (Å²) in [7, 11) is 0. The van der Waals surface area contributed by atoms with Gasteiger partial charge >= 0.3 is 5.97 Å². The molecule has 3 heterocycles. The van der Waals surface area contributed by atoms with Crippen LogP contribution in [0.3, 0.4) is 0 Å². The number of hydrogen-bond donors (Lipinski definition) is 0. The number of thioether (sulfide) groups is 1. The molecule has 0 spiro atoms. The van der Waals surface area contributed by atoms with Crippen molar-refractivity contribution < 1.29 is 23.9 Å². The van der Waals surface area contributed by atoms with Crippen molar-refractivity contribution >= 4 is 29.4 Å². The van der Waals surface area contributed by atoms with Crippen LogP contribution in [0.1, 0.15) is 47.0 Å². The van der Waals surface area contributed by atoms with E-state index in [9.17, 15) is 14.4 Å². The van der Waals surface area contributed by atoms with Crippen molar-refractivity contribution in [2.24, 2.45) is 0 Å². The SMILES string of the molecule is CC(=O)OC1C2=C(OC(C(C)=O)=CC2N2CCCCC2=O)SC1(C)C. The smallest absolute Gasteiger partial charge is 0.303 e. The third kappa shape index (κ3) is 3.34. The normalized spacial score (nSPS) is 28.2. The number of Topliss-reactive ketones (excluding diaryl/α,β-unsaturated/α-hetero) is 1. The Kier molecular flexibility index (Phi) is 4.70. The van der Waals surface area contributed by atoms with Gasteiger partial charge in [0.1, 0.15) is 6.10 Å². The minimum atomic E-state index is -0.505. The molecule has 3 aliphatic rings. The van der Waals surface area contributed by atoms with Crippen molar-refractivity contribution in [1.29, 1.82) is 0 Å². The van der Waals surface area contributed by atoms with E-state index in [1.807, 2.05) is 13.8 Å². The van der Waals surface area contributed by atoms with Gasteiger partial charge in [0.15, 0.2) is 16.6 Å². The van der Waals surface area contributed by atoms with Crippen LogP contribution in [0.5, 0.6) is 0 Å². The molecule has 0 radical (unpaired) electrons. The molecule has 3 aliphatic heterocycles. The second kappa shape index (κ2) is 6.52. The highest BCUT2D eigenvalue weighted by Crippen LogP contribution is 2.52. The summed E-state index contributed by atoms with van der Waals surface area (Å²) in [6.07, 6.45) is 3.49. The molecule has 3 rings (SSSR count). The van der Waals surface area contributed by atoms with Crippen LogP contribution >= 0.6 is 11.8 Å². The molecule has 0 aromatic rings. The van der Waals surface area contributed by atoms with E-state index in [-0.39, 0.29) is 23.4 Å². The fourth-order valence-electron chi connectivity index (χ4n) is 3.49. The van der Waals surface area contributed by atoms with Crippen molar-refractivity contribution in [3.63, 3.8) is 0 Å². The van der Waals surface area contributed by atoms with Gasteiger partial charge in [0.2, 0.25) is 5.91 Å². The Bertz CT molecular complexity index is 694. The molecule has 6 nitrogen and oxygen atoms in total. The summed E-state index contributed by atoms with van der Waals surface area (Å²) in [4.78, 5) is 37.8. The van der Waals surface area contributed by atoms with Gasteiger partial charge in [-0.05, 0) is 32.8 Å². The van der Waals surface area contributed by atoms with Gasteiger partial charge in [-0.25, -0.2) is 0 Å². The first-order valence-electron chi connectivity index (χ1n) is 8.51. The quantitative estimate of drug-likeness (QED) is 0.716. The van der Waals surface area contributed by atoms with E-state index in [0.29, 0.717) is 18.1 Å². The van der Waals surface area contributed by atoms with Crippen LogP contribution in [0.25, 0.3) is 0 Å². The molecule has 0 N–H and O–H groups in total. The number of allylic oxidation sites excluding steroid dienone is 1. The zero-order valence-electron chi connectivity index (χ0n) is 15.0. The number of nitrogens with zero attached hydrogens (tertiary/aromatic N) is 1. The first kappa shape index (κ1) is 18.0. The summed E-state index contributed by atoms with van der Waals surface area (Å²) in [5.74, 6) is -0.262. The fourth-order valence-corrected chi connectivity index (χ4v) is 4.73. The standard InChI is InChI=1S/C18H23NO5S/c1-10(20)13-9-12(19-8-6-5-7-14(19)22)15-16(23-11(2)21)18(3,4)25-17(15)24-13/h9,12,16H,5-8H2,1-4H3. The maximum Gasteiger partial charge on any atom is 0.303 e. The van der Waals surface area contributed by atoms with Gasteiger partial charge in [0, 0.05) is 32.4 Å². The number of ketones is 1. The van der Waals surface area contributed by atoms with Crippen molar-refractivity contribution in [3.8, 4) is 0 Å². The van der Waals surface area contributed by atoms with Crippen LogP contribution in [0.2, 0.25) is 0 Å². The Balaban J connectivity index is 2.04. The largest absolute Gasteiger partial charge is 0.456 e. The Labute approximate surface area is 151 Å². The summed E-state index contributed by atoms with van der Waals surface area (Å²) < 4.78 is 11.0. The van der Waals surface area contributed by atoms with Crippen LogP contribution in [0, 0.1) is 0 Å². The first-order chi connectivity index (χ1) is 11.7. The molecule has 2 atom stereocenters. The number of carbonyl (C=O) groups excluding carboxylic acids is 3. The molecule has 0 bridgehead atoms. The van der Waals surface area contributed by atoms with Crippen LogP contribution in [0.15, 0.2) is 22.5 Å². The molecular weight excluding hydrogens is 342 g/mol. The molecule has 25 heavy (non-hydrogen) atoms. The Hall–Kier alpha value is -1.76. The molecule has 2 unspecified atom stereocenters. The highest BCUT2D eigenvalue weighted by Gasteiger charge is 2.51. The van der Waals surface area contributed by atoms with E-state index in [1.165, 1.54) is 25.6 Å². The number of esters is 1. The van der Waals surface area contributed by atoms with Crippen LogP contribution in [0.4, 0.5) is 0 Å². The monoisotopic (exact) mass is 365 g/mol. The Morgan fingerprint density at radius 1 is 1.32 bits per heavy atom. The highest BCUT2D eigenvalue weighted by atomic mass is 32.2.